The Bertz CT molecular complexity index is 680. The monoisotopic (exact) mass is 288 g/mol. The van der Waals surface area contributed by atoms with Gasteiger partial charge in [-0.2, -0.15) is 19.9 Å². The highest BCUT2D eigenvalue weighted by molar-refractivity contribution is 5.37. The number of aromatic nitrogens is 7. The smallest absolute Gasteiger partial charge is 0.243 e. The normalized spacial score (nSPS) is 10.5. The number of nitrogen functional groups attached to an aromatic ring is 1. The number of hydrogen-bond acceptors (Lipinski definition) is 10. The van der Waals surface area contributed by atoms with Gasteiger partial charge in [-0.3, -0.25) is 9.99 Å². The molecule has 0 aliphatic rings. The number of nitrogens with two attached hydrogens (primary N) is 1. The van der Waals surface area contributed by atoms with Gasteiger partial charge in [-0.25, -0.2) is 10.8 Å². The summed E-state index contributed by atoms with van der Waals surface area (Å²) >= 11 is 0. The molecule has 0 atom stereocenters. The van der Waals surface area contributed by atoms with E-state index in [1.807, 2.05) is 0 Å². The van der Waals surface area contributed by atoms with Crippen molar-refractivity contribution >= 4 is 11.9 Å². The lowest BCUT2D eigenvalue weighted by Crippen LogP contribution is -2.16. The summed E-state index contributed by atoms with van der Waals surface area (Å²) in [6.45, 7) is 0.539. The van der Waals surface area contributed by atoms with E-state index in [4.69, 9.17) is 5.84 Å². The summed E-state index contributed by atoms with van der Waals surface area (Å²) in [6, 6.07) is 0. The third-order valence-corrected chi connectivity index (χ3v) is 2.53. The summed E-state index contributed by atoms with van der Waals surface area (Å²) in [5, 5.41) is 6.76. The van der Waals surface area contributed by atoms with Crippen molar-refractivity contribution in [3.8, 4) is 5.95 Å². The molecule has 11 heteroatoms. The standard InChI is InChI=1S/C10H12N10O/c11-18-9-15-8(13-2-1-7-14-6-21-19-7)16-10(17-9)20-4-3-12-5-20/h3-6H,1-2,11H2,(H2,13,15,16,17,18). The first-order valence-electron chi connectivity index (χ1n) is 6.05. The van der Waals surface area contributed by atoms with E-state index in [1.165, 1.54) is 6.39 Å². The minimum atomic E-state index is 0.246. The summed E-state index contributed by atoms with van der Waals surface area (Å²) in [4.78, 5) is 20.4. The second-order valence-corrected chi connectivity index (χ2v) is 3.92. The van der Waals surface area contributed by atoms with Crippen LogP contribution in [-0.2, 0) is 6.42 Å². The maximum atomic E-state index is 5.36. The van der Waals surface area contributed by atoms with Crippen LogP contribution >= 0.6 is 0 Å². The van der Waals surface area contributed by atoms with E-state index in [2.05, 4.69) is 45.3 Å². The molecule has 3 aromatic rings. The molecule has 0 aromatic carbocycles. The summed E-state index contributed by atoms with van der Waals surface area (Å²) in [6.07, 6.45) is 6.79. The van der Waals surface area contributed by atoms with Gasteiger partial charge in [0, 0.05) is 25.4 Å². The third kappa shape index (κ3) is 3.09. The van der Waals surface area contributed by atoms with Gasteiger partial charge in [0.1, 0.15) is 6.33 Å². The molecule has 3 rings (SSSR count). The molecule has 0 aliphatic heterocycles. The van der Waals surface area contributed by atoms with Crippen molar-refractivity contribution in [2.75, 3.05) is 17.3 Å². The van der Waals surface area contributed by atoms with Crippen LogP contribution in [0.5, 0.6) is 0 Å². The molecule has 4 N–H and O–H groups in total. The fourth-order valence-electron chi connectivity index (χ4n) is 1.59. The first-order valence-corrected chi connectivity index (χ1v) is 6.05. The van der Waals surface area contributed by atoms with E-state index in [0.29, 0.717) is 30.7 Å². The molecule has 0 amide bonds. The minimum absolute atomic E-state index is 0.246. The van der Waals surface area contributed by atoms with E-state index < -0.39 is 0 Å². The van der Waals surface area contributed by atoms with Crippen LogP contribution in [0.4, 0.5) is 11.9 Å². The van der Waals surface area contributed by atoms with Crippen LogP contribution in [0.15, 0.2) is 29.6 Å². The van der Waals surface area contributed by atoms with Gasteiger partial charge in [-0.15, -0.1) is 0 Å². The maximum absolute atomic E-state index is 5.36. The average molecular weight is 288 g/mol. The predicted octanol–water partition coefficient (Wildman–Crippen LogP) is -0.620. The van der Waals surface area contributed by atoms with E-state index in [1.54, 1.807) is 23.3 Å². The van der Waals surface area contributed by atoms with E-state index in [9.17, 15) is 0 Å². The van der Waals surface area contributed by atoms with Crippen LogP contribution < -0.4 is 16.6 Å². The van der Waals surface area contributed by atoms with Crippen molar-refractivity contribution in [2.45, 2.75) is 6.42 Å². The molecule has 0 radical (unpaired) electrons. The first kappa shape index (κ1) is 12.9. The molecule has 0 aliphatic carbocycles. The maximum Gasteiger partial charge on any atom is 0.243 e. The van der Waals surface area contributed by atoms with E-state index in [0.717, 1.165) is 0 Å². The minimum Gasteiger partial charge on any atom is -0.354 e. The van der Waals surface area contributed by atoms with Gasteiger partial charge >= 0.3 is 0 Å². The lowest BCUT2D eigenvalue weighted by Gasteiger charge is -2.07. The molecule has 21 heavy (non-hydrogen) atoms. The summed E-state index contributed by atoms with van der Waals surface area (Å²) < 4.78 is 6.30. The SMILES string of the molecule is NNc1nc(NCCc2ncon2)nc(-n2ccnc2)n1. The van der Waals surface area contributed by atoms with E-state index in [-0.39, 0.29) is 5.95 Å². The third-order valence-electron chi connectivity index (χ3n) is 2.53. The Hall–Kier alpha value is -3.08. The Kier molecular flexibility index (Phi) is 3.64. The molecule has 0 spiro atoms. The van der Waals surface area contributed by atoms with Crippen molar-refractivity contribution in [3.05, 3.63) is 30.9 Å². The number of nitrogens with zero attached hydrogens (tertiary/aromatic N) is 7. The van der Waals surface area contributed by atoms with Crippen LogP contribution in [0.1, 0.15) is 5.82 Å². The molecule has 0 bridgehead atoms. The molecule has 3 heterocycles. The van der Waals surface area contributed by atoms with Crippen molar-refractivity contribution in [1.82, 2.24) is 34.6 Å². The van der Waals surface area contributed by atoms with Gasteiger partial charge in [0.15, 0.2) is 5.82 Å². The molecule has 0 saturated carbocycles. The highest BCUT2D eigenvalue weighted by Crippen LogP contribution is 2.08. The molecule has 0 saturated heterocycles. The van der Waals surface area contributed by atoms with Crippen LogP contribution in [0.25, 0.3) is 5.95 Å². The van der Waals surface area contributed by atoms with Gasteiger partial charge in [0.2, 0.25) is 24.2 Å². The Labute approximate surface area is 118 Å². The van der Waals surface area contributed by atoms with Crippen molar-refractivity contribution in [2.24, 2.45) is 5.84 Å². The number of nitrogens with one attached hydrogen (secondary N) is 2. The highest BCUT2D eigenvalue weighted by Gasteiger charge is 2.07. The summed E-state index contributed by atoms with van der Waals surface area (Å²) in [5.74, 6) is 6.99. The molecule has 108 valence electrons. The average Bonchev–Trinajstić information content (AvgIpc) is 3.20. The number of hydrogen-bond donors (Lipinski definition) is 3. The molecule has 11 nitrogen and oxygen atoms in total. The molecular formula is C10H12N10O. The predicted molar refractivity (Wildman–Crippen MR) is 71.3 cm³/mol. The highest BCUT2D eigenvalue weighted by atomic mass is 16.5. The topological polar surface area (TPSA) is 145 Å². The number of rotatable bonds is 6. The van der Waals surface area contributed by atoms with Gasteiger partial charge < -0.3 is 9.84 Å². The lowest BCUT2D eigenvalue weighted by molar-refractivity contribution is 0.410. The van der Waals surface area contributed by atoms with Crippen molar-refractivity contribution in [1.29, 1.82) is 0 Å². The van der Waals surface area contributed by atoms with Gasteiger partial charge in [0.25, 0.3) is 0 Å². The van der Waals surface area contributed by atoms with Crippen molar-refractivity contribution in [3.63, 3.8) is 0 Å². The largest absolute Gasteiger partial charge is 0.354 e. The molecule has 0 unspecified atom stereocenters. The molecule has 3 aromatic heterocycles. The zero-order valence-corrected chi connectivity index (χ0v) is 10.8. The fourth-order valence-corrected chi connectivity index (χ4v) is 1.59. The zero-order valence-electron chi connectivity index (χ0n) is 10.8. The molecule has 0 fully saturated rings. The van der Waals surface area contributed by atoms with Gasteiger partial charge in [-0.1, -0.05) is 5.16 Å². The summed E-state index contributed by atoms with van der Waals surface area (Å²) in [7, 11) is 0. The van der Waals surface area contributed by atoms with E-state index >= 15 is 0 Å². The van der Waals surface area contributed by atoms with Crippen LogP contribution in [0.2, 0.25) is 0 Å². The number of imidazole rings is 1. The molecular weight excluding hydrogens is 276 g/mol. The lowest BCUT2D eigenvalue weighted by atomic mass is 10.4. The van der Waals surface area contributed by atoms with Gasteiger partial charge in [0.05, 0.1) is 0 Å². The fraction of sp³-hybridized carbons (Fsp3) is 0.200. The Balaban J connectivity index is 1.73. The zero-order chi connectivity index (χ0) is 14.5. The second-order valence-electron chi connectivity index (χ2n) is 3.92. The quantitative estimate of drug-likeness (QED) is 0.396. The number of hydrazine groups is 1. The first-order chi connectivity index (χ1) is 10.3. The Morgan fingerprint density at radius 2 is 2.14 bits per heavy atom. The van der Waals surface area contributed by atoms with Crippen LogP contribution in [0, 0.1) is 0 Å². The second kappa shape index (κ2) is 5.92. The van der Waals surface area contributed by atoms with Crippen molar-refractivity contribution < 1.29 is 4.52 Å². The Morgan fingerprint density at radius 1 is 1.24 bits per heavy atom. The Morgan fingerprint density at radius 3 is 2.86 bits per heavy atom. The van der Waals surface area contributed by atoms with Gasteiger partial charge in [-0.05, 0) is 0 Å². The number of anilines is 2. The van der Waals surface area contributed by atoms with Crippen LogP contribution in [-0.4, -0.2) is 41.2 Å². The summed E-state index contributed by atoms with van der Waals surface area (Å²) in [5.41, 5.74) is 2.40. The van der Waals surface area contributed by atoms with Crippen LogP contribution in [0.3, 0.4) is 0 Å².